The number of nitrogens with two attached hydrogens (primary N) is 2. The number of hydrazine groups is 1. The largest absolute Gasteiger partial charge is 0.398 e. The number of hydrogen-bond acceptors (Lipinski definition) is 3. The van der Waals surface area contributed by atoms with Crippen LogP contribution in [0.4, 0.5) is 5.69 Å². The summed E-state index contributed by atoms with van der Waals surface area (Å²) in [5.41, 5.74) is 10.8. The van der Waals surface area contributed by atoms with Gasteiger partial charge in [-0.2, -0.15) is 0 Å². The Morgan fingerprint density at radius 2 is 1.53 bits per heavy atom. The zero-order chi connectivity index (χ0) is 12.3. The fourth-order valence-electron chi connectivity index (χ4n) is 1.74. The van der Waals surface area contributed by atoms with E-state index in [4.69, 9.17) is 11.6 Å². The van der Waals surface area contributed by atoms with Gasteiger partial charge < -0.3 is 5.73 Å². The van der Waals surface area contributed by atoms with E-state index in [2.05, 4.69) is 5.43 Å². The molecule has 0 atom stereocenters. The summed E-state index contributed by atoms with van der Waals surface area (Å²) in [7, 11) is 0. The van der Waals surface area contributed by atoms with Crippen molar-refractivity contribution < 1.29 is 4.79 Å². The second kappa shape index (κ2) is 4.67. The van der Waals surface area contributed by atoms with Gasteiger partial charge in [-0.05, 0) is 17.7 Å². The van der Waals surface area contributed by atoms with Crippen LogP contribution in [0, 0.1) is 0 Å². The Morgan fingerprint density at radius 3 is 2.18 bits per heavy atom. The van der Waals surface area contributed by atoms with Crippen LogP contribution in [0.15, 0.2) is 48.5 Å². The molecule has 0 spiro atoms. The van der Waals surface area contributed by atoms with Crippen molar-refractivity contribution in [3.05, 3.63) is 54.1 Å². The Labute approximate surface area is 99.2 Å². The zero-order valence-corrected chi connectivity index (χ0v) is 9.18. The molecule has 0 aliphatic carbocycles. The van der Waals surface area contributed by atoms with Crippen LogP contribution in [0.25, 0.3) is 11.1 Å². The van der Waals surface area contributed by atoms with E-state index in [1.54, 1.807) is 18.2 Å². The Hall–Kier alpha value is -2.33. The summed E-state index contributed by atoms with van der Waals surface area (Å²) < 4.78 is 0. The van der Waals surface area contributed by atoms with Crippen molar-refractivity contribution in [2.45, 2.75) is 0 Å². The topological polar surface area (TPSA) is 81.1 Å². The van der Waals surface area contributed by atoms with Gasteiger partial charge in [0.25, 0.3) is 5.91 Å². The molecule has 0 aliphatic rings. The molecule has 2 rings (SSSR count). The van der Waals surface area contributed by atoms with Crippen molar-refractivity contribution in [3.63, 3.8) is 0 Å². The third-order valence-corrected chi connectivity index (χ3v) is 2.55. The number of amides is 1. The lowest BCUT2D eigenvalue weighted by atomic mass is 9.98. The Morgan fingerprint density at radius 1 is 0.941 bits per heavy atom. The first-order valence-corrected chi connectivity index (χ1v) is 5.19. The van der Waals surface area contributed by atoms with Crippen LogP contribution in [-0.4, -0.2) is 5.91 Å². The van der Waals surface area contributed by atoms with Crippen molar-refractivity contribution in [1.29, 1.82) is 0 Å². The summed E-state index contributed by atoms with van der Waals surface area (Å²) in [4.78, 5) is 11.6. The number of anilines is 1. The van der Waals surface area contributed by atoms with Gasteiger partial charge in [0.15, 0.2) is 0 Å². The van der Waals surface area contributed by atoms with E-state index in [9.17, 15) is 4.79 Å². The average Bonchev–Trinajstić information content (AvgIpc) is 2.38. The van der Waals surface area contributed by atoms with Gasteiger partial charge in [0.1, 0.15) is 0 Å². The molecule has 0 saturated heterocycles. The lowest BCUT2D eigenvalue weighted by molar-refractivity contribution is 0.0954. The summed E-state index contributed by atoms with van der Waals surface area (Å²) >= 11 is 0. The van der Waals surface area contributed by atoms with Gasteiger partial charge >= 0.3 is 0 Å². The highest BCUT2D eigenvalue weighted by molar-refractivity contribution is 6.01. The van der Waals surface area contributed by atoms with Crippen LogP contribution in [0.5, 0.6) is 0 Å². The summed E-state index contributed by atoms with van der Waals surface area (Å²) in [5.74, 6) is 4.83. The summed E-state index contributed by atoms with van der Waals surface area (Å²) in [6, 6.07) is 14.6. The van der Waals surface area contributed by atoms with Gasteiger partial charge in [-0.15, -0.1) is 0 Å². The molecule has 4 heteroatoms. The standard InChI is InChI=1S/C13H13N3O/c14-12-8-4-3-6-10(12)9-5-1-2-7-11(9)13(17)16-15/h1-8H,14-15H2,(H,16,17). The third kappa shape index (κ3) is 2.11. The minimum Gasteiger partial charge on any atom is -0.398 e. The molecule has 86 valence electrons. The maximum absolute atomic E-state index is 11.6. The second-order valence-electron chi connectivity index (χ2n) is 3.61. The van der Waals surface area contributed by atoms with Crippen LogP contribution in [0.1, 0.15) is 10.4 Å². The normalized spacial score (nSPS) is 9.94. The van der Waals surface area contributed by atoms with Crippen molar-refractivity contribution in [2.24, 2.45) is 5.84 Å². The number of carbonyl (C=O) groups excluding carboxylic acids is 1. The molecule has 5 N–H and O–H groups in total. The number of carbonyl (C=O) groups is 1. The molecular weight excluding hydrogens is 214 g/mol. The molecule has 0 radical (unpaired) electrons. The smallest absolute Gasteiger partial charge is 0.265 e. The number of hydrogen-bond donors (Lipinski definition) is 3. The minimum atomic E-state index is -0.330. The van der Waals surface area contributed by atoms with Crippen molar-refractivity contribution in [1.82, 2.24) is 5.43 Å². The predicted octanol–water partition coefficient (Wildman–Crippen LogP) is 1.54. The summed E-state index contributed by atoms with van der Waals surface area (Å²) in [6.07, 6.45) is 0. The lowest BCUT2D eigenvalue weighted by Gasteiger charge is -2.10. The molecule has 0 aliphatic heterocycles. The molecule has 4 nitrogen and oxygen atoms in total. The number of nitrogens with one attached hydrogen (secondary N) is 1. The van der Waals surface area contributed by atoms with E-state index in [1.165, 1.54) is 0 Å². The van der Waals surface area contributed by atoms with Gasteiger partial charge in [0.05, 0.1) is 0 Å². The third-order valence-electron chi connectivity index (χ3n) is 2.55. The highest BCUT2D eigenvalue weighted by Gasteiger charge is 2.12. The van der Waals surface area contributed by atoms with Gasteiger partial charge in [-0.3, -0.25) is 10.2 Å². The first-order valence-electron chi connectivity index (χ1n) is 5.19. The predicted molar refractivity (Wildman–Crippen MR) is 67.9 cm³/mol. The van der Waals surface area contributed by atoms with E-state index < -0.39 is 0 Å². The lowest BCUT2D eigenvalue weighted by Crippen LogP contribution is -2.30. The van der Waals surface area contributed by atoms with E-state index in [0.717, 1.165) is 11.1 Å². The first-order chi connectivity index (χ1) is 8.24. The monoisotopic (exact) mass is 227 g/mol. The molecule has 1 amide bonds. The SMILES string of the molecule is NNC(=O)c1ccccc1-c1ccccc1N. The zero-order valence-electron chi connectivity index (χ0n) is 9.18. The molecule has 17 heavy (non-hydrogen) atoms. The molecule has 0 unspecified atom stereocenters. The summed E-state index contributed by atoms with van der Waals surface area (Å²) in [5, 5.41) is 0. The molecule has 0 aromatic heterocycles. The Bertz CT molecular complexity index is 552. The quantitative estimate of drug-likeness (QED) is 0.315. The molecule has 2 aromatic carbocycles. The molecular formula is C13H13N3O. The minimum absolute atomic E-state index is 0.330. The van der Waals surface area contributed by atoms with Crippen molar-refractivity contribution >= 4 is 11.6 Å². The highest BCUT2D eigenvalue weighted by atomic mass is 16.2. The fraction of sp³-hybridized carbons (Fsp3) is 0. The van der Waals surface area contributed by atoms with Crippen LogP contribution >= 0.6 is 0 Å². The highest BCUT2D eigenvalue weighted by Crippen LogP contribution is 2.28. The number of nitrogen functional groups attached to an aromatic ring is 2. The van der Waals surface area contributed by atoms with Crippen LogP contribution in [0.3, 0.4) is 0 Å². The Kier molecular flexibility index (Phi) is 3.07. The maximum Gasteiger partial charge on any atom is 0.265 e. The van der Waals surface area contributed by atoms with Gasteiger partial charge in [-0.1, -0.05) is 36.4 Å². The number of para-hydroxylation sites is 1. The van der Waals surface area contributed by atoms with E-state index in [0.29, 0.717) is 11.3 Å². The Balaban J connectivity index is 2.60. The first kappa shape index (κ1) is 11.2. The molecule has 2 aromatic rings. The number of benzene rings is 2. The molecule has 0 heterocycles. The van der Waals surface area contributed by atoms with Crippen LogP contribution < -0.4 is 17.0 Å². The van der Waals surface area contributed by atoms with Crippen LogP contribution in [-0.2, 0) is 0 Å². The van der Waals surface area contributed by atoms with E-state index in [1.807, 2.05) is 30.3 Å². The van der Waals surface area contributed by atoms with Crippen LogP contribution in [0.2, 0.25) is 0 Å². The second-order valence-corrected chi connectivity index (χ2v) is 3.61. The fourth-order valence-corrected chi connectivity index (χ4v) is 1.74. The molecule has 0 bridgehead atoms. The maximum atomic E-state index is 11.6. The molecule has 0 fully saturated rings. The van der Waals surface area contributed by atoms with Gasteiger partial charge in [0.2, 0.25) is 0 Å². The number of rotatable bonds is 2. The van der Waals surface area contributed by atoms with Gasteiger partial charge in [0, 0.05) is 16.8 Å². The average molecular weight is 227 g/mol. The van der Waals surface area contributed by atoms with E-state index >= 15 is 0 Å². The molecule has 0 saturated carbocycles. The van der Waals surface area contributed by atoms with Gasteiger partial charge in [-0.25, -0.2) is 5.84 Å². The summed E-state index contributed by atoms with van der Waals surface area (Å²) in [6.45, 7) is 0. The van der Waals surface area contributed by atoms with E-state index in [-0.39, 0.29) is 5.91 Å². The van der Waals surface area contributed by atoms with Crippen molar-refractivity contribution in [3.8, 4) is 11.1 Å². The van der Waals surface area contributed by atoms with Crippen molar-refractivity contribution in [2.75, 3.05) is 5.73 Å².